The van der Waals surface area contributed by atoms with Crippen LogP contribution in [0.1, 0.15) is 17.1 Å². The Hall–Kier alpha value is -2.56. The van der Waals surface area contributed by atoms with Crippen LogP contribution in [0, 0.1) is 6.92 Å². The highest BCUT2D eigenvalue weighted by Crippen LogP contribution is 2.17. The summed E-state index contributed by atoms with van der Waals surface area (Å²) in [5.41, 5.74) is 3.42. The molecule has 2 aromatic heterocycles. The third-order valence-corrected chi connectivity index (χ3v) is 3.13. The minimum Gasteiger partial charge on any atom is -0.379 e. The van der Waals surface area contributed by atoms with Gasteiger partial charge in [0.05, 0.1) is 25.0 Å². The lowest BCUT2D eigenvalue weighted by Crippen LogP contribution is -2.06. The summed E-state index contributed by atoms with van der Waals surface area (Å²) < 4.78 is 1.92. The second-order valence-corrected chi connectivity index (χ2v) is 4.71. The maximum absolute atomic E-state index is 4.25. The standard InChI is InChI=1S/C15H17N5/c1-12-16-9-14(19-12)10-17-15-6-3-2-5-13(15)11-20-8-4-7-18-20/h2-9,17H,10-11H2,1H3,(H,16,19). The number of aromatic nitrogens is 4. The molecule has 0 aliphatic heterocycles. The Morgan fingerprint density at radius 1 is 1.25 bits per heavy atom. The molecule has 2 heterocycles. The van der Waals surface area contributed by atoms with E-state index in [4.69, 9.17) is 0 Å². The summed E-state index contributed by atoms with van der Waals surface area (Å²) in [5, 5.41) is 7.69. The van der Waals surface area contributed by atoms with Crippen molar-refractivity contribution in [2.75, 3.05) is 5.32 Å². The molecule has 0 aliphatic carbocycles. The molecule has 0 radical (unpaired) electrons. The van der Waals surface area contributed by atoms with Crippen molar-refractivity contribution in [3.8, 4) is 0 Å². The van der Waals surface area contributed by atoms with Crippen LogP contribution < -0.4 is 5.32 Å². The summed E-state index contributed by atoms with van der Waals surface area (Å²) >= 11 is 0. The van der Waals surface area contributed by atoms with E-state index in [0.29, 0.717) is 0 Å². The van der Waals surface area contributed by atoms with Gasteiger partial charge in [-0.15, -0.1) is 0 Å². The molecule has 0 saturated heterocycles. The average molecular weight is 267 g/mol. The molecule has 0 spiro atoms. The summed E-state index contributed by atoms with van der Waals surface area (Å²) in [6, 6.07) is 10.2. The van der Waals surface area contributed by atoms with Crippen molar-refractivity contribution in [3.05, 3.63) is 66.0 Å². The lowest BCUT2D eigenvalue weighted by Gasteiger charge is -2.11. The van der Waals surface area contributed by atoms with Gasteiger partial charge >= 0.3 is 0 Å². The van der Waals surface area contributed by atoms with Gasteiger partial charge in [0, 0.05) is 18.1 Å². The van der Waals surface area contributed by atoms with Crippen LogP contribution in [0.3, 0.4) is 0 Å². The molecule has 0 saturated carbocycles. The largest absolute Gasteiger partial charge is 0.379 e. The Bertz CT molecular complexity index is 669. The minimum absolute atomic E-state index is 0.733. The van der Waals surface area contributed by atoms with Crippen LogP contribution in [0.5, 0.6) is 0 Å². The van der Waals surface area contributed by atoms with Crippen molar-refractivity contribution in [1.29, 1.82) is 0 Å². The topological polar surface area (TPSA) is 58.5 Å². The van der Waals surface area contributed by atoms with Gasteiger partial charge in [0.15, 0.2) is 0 Å². The fourth-order valence-electron chi connectivity index (χ4n) is 2.15. The first-order chi connectivity index (χ1) is 9.81. The van der Waals surface area contributed by atoms with E-state index < -0.39 is 0 Å². The Labute approximate surface area is 117 Å². The molecule has 0 fully saturated rings. The average Bonchev–Trinajstić information content (AvgIpc) is 3.10. The number of aromatic amines is 1. The molecule has 102 valence electrons. The number of aryl methyl sites for hydroxylation is 1. The highest BCUT2D eigenvalue weighted by atomic mass is 15.3. The molecule has 0 atom stereocenters. The second kappa shape index (κ2) is 5.61. The number of anilines is 1. The third-order valence-electron chi connectivity index (χ3n) is 3.13. The number of hydrogen-bond donors (Lipinski definition) is 2. The second-order valence-electron chi connectivity index (χ2n) is 4.71. The number of rotatable bonds is 5. The lowest BCUT2D eigenvalue weighted by atomic mass is 10.1. The van der Waals surface area contributed by atoms with Gasteiger partial charge in [-0.2, -0.15) is 5.10 Å². The zero-order chi connectivity index (χ0) is 13.8. The summed E-state index contributed by atoms with van der Waals surface area (Å²) in [7, 11) is 0. The van der Waals surface area contributed by atoms with Crippen LogP contribution in [0.25, 0.3) is 0 Å². The zero-order valence-corrected chi connectivity index (χ0v) is 11.4. The first kappa shape index (κ1) is 12.5. The first-order valence-electron chi connectivity index (χ1n) is 6.61. The molecule has 0 unspecified atom stereocenters. The summed E-state index contributed by atoms with van der Waals surface area (Å²) in [4.78, 5) is 7.42. The Morgan fingerprint density at radius 3 is 2.90 bits per heavy atom. The van der Waals surface area contributed by atoms with E-state index >= 15 is 0 Å². The number of benzene rings is 1. The van der Waals surface area contributed by atoms with Crippen molar-refractivity contribution in [3.63, 3.8) is 0 Å². The van der Waals surface area contributed by atoms with E-state index in [0.717, 1.165) is 30.3 Å². The van der Waals surface area contributed by atoms with Gasteiger partial charge in [0.2, 0.25) is 0 Å². The fraction of sp³-hybridized carbons (Fsp3) is 0.200. The quantitative estimate of drug-likeness (QED) is 0.747. The summed E-state index contributed by atoms with van der Waals surface area (Å²) in [5.74, 6) is 0.937. The van der Waals surface area contributed by atoms with E-state index in [9.17, 15) is 0 Å². The normalized spacial score (nSPS) is 10.7. The number of nitrogens with zero attached hydrogens (tertiary/aromatic N) is 3. The number of nitrogens with one attached hydrogen (secondary N) is 2. The van der Waals surface area contributed by atoms with Gasteiger partial charge in [-0.3, -0.25) is 4.68 Å². The van der Waals surface area contributed by atoms with Crippen LogP contribution in [-0.4, -0.2) is 19.7 Å². The van der Waals surface area contributed by atoms with Gasteiger partial charge in [0.1, 0.15) is 5.82 Å². The molecule has 5 heteroatoms. The van der Waals surface area contributed by atoms with E-state index in [1.54, 1.807) is 6.20 Å². The van der Waals surface area contributed by atoms with Crippen molar-refractivity contribution >= 4 is 5.69 Å². The molecule has 1 aromatic carbocycles. The molecule has 0 aliphatic rings. The maximum Gasteiger partial charge on any atom is 0.103 e. The van der Waals surface area contributed by atoms with Gasteiger partial charge in [-0.05, 0) is 24.6 Å². The highest BCUT2D eigenvalue weighted by molar-refractivity contribution is 5.51. The molecular weight excluding hydrogens is 250 g/mol. The van der Waals surface area contributed by atoms with Crippen LogP contribution >= 0.6 is 0 Å². The molecule has 0 bridgehead atoms. The smallest absolute Gasteiger partial charge is 0.103 e. The molecule has 20 heavy (non-hydrogen) atoms. The van der Waals surface area contributed by atoms with Crippen molar-refractivity contribution < 1.29 is 0 Å². The minimum atomic E-state index is 0.733. The lowest BCUT2D eigenvalue weighted by molar-refractivity contribution is 0.687. The molecule has 3 aromatic rings. The predicted molar refractivity (Wildman–Crippen MR) is 78.4 cm³/mol. The number of H-pyrrole nitrogens is 1. The zero-order valence-electron chi connectivity index (χ0n) is 11.4. The fourth-order valence-corrected chi connectivity index (χ4v) is 2.15. The van der Waals surface area contributed by atoms with E-state index in [1.165, 1.54) is 5.56 Å². The van der Waals surface area contributed by atoms with E-state index in [-0.39, 0.29) is 0 Å². The summed E-state index contributed by atoms with van der Waals surface area (Å²) in [6.45, 7) is 3.45. The van der Waals surface area contributed by atoms with Crippen LogP contribution in [-0.2, 0) is 13.1 Å². The predicted octanol–water partition coefficient (Wildman–Crippen LogP) is 2.58. The van der Waals surface area contributed by atoms with Crippen LogP contribution in [0.2, 0.25) is 0 Å². The van der Waals surface area contributed by atoms with Gasteiger partial charge in [0.25, 0.3) is 0 Å². The Balaban J connectivity index is 1.72. The molecule has 2 N–H and O–H groups in total. The SMILES string of the molecule is Cc1ncc(CNc2ccccc2Cn2cccn2)[nH]1. The van der Waals surface area contributed by atoms with Crippen molar-refractivity contribution in [1.82, 2.24) is 19.7 Å². The Morgan fingerprint density at radius 2 is 2.15 bits per heavy atom. The first-order valence-corrected chi connectivity index (χ1v) is 6.61. The van der Waals surface area contributed by atoms with Crippen LogP contribution in [0.15, 0.2) is 48.9 Å². The third kappa shape index (κ3) is 2.88. The molecule has 5 nitrogen and oxygen atoms in total. The summed E-state index contributed by atoms with van der Waals surface area (Å²) in [6.07, 6.45) is 5.62. The van der Waals surface area contributed by atoms with E-state index in [1.807, 2.05) is 42.2 Å². The number of para-hydroxylation sites is 1. The molecule has 0 amide bonds. The van der Waals surface area contributed by atoms with Crippen LogP contribution in [0.4, 0.5) is 5.69 Å². The number of hydrogen-bond acceptors (Lipinski definition) is 3. The molecular formula is C15H17N5. The monoisotopic (exact) mass is 267 g/mol. The highest BCUT2D eigenvalue weighted by Gasteiger charge is 2.03. The van der Waals surface area contributed by atoms with Gasteiger partial charge in [-0.1, -0.05) is 18.2 Å². The number of imidazole rings is 1. The Kier molecular flexibility index (Phi) is 3.50. The maximum atomic E-state index is 4.25. The molecule has 3 rings (SSSR count). The van der Waals surface area contributed by atoms with E-state index in [2.05, 4.69) is 32.5 Å². The van der Waals surface area contributed by atoms with Gasteiger partial charge < -0.3 is 10.3 Å². The van der Waals surface area contributed by atoms with Crippen molar-refractivity contribution in [2.24, 2.45) is 0 Å². The van der Waals surface area contributed by atoms with Crippen molar-refractivity contribution in [2.45, 2.75) is 20.0 Å². The van der Waals surface area contributed by atoms with Gasteiger partial charge in [-0.25, -0.2) is 4.98 Å².